The lowest BCUT2D eigenvalue weighted by Gasteiger charge is -1.95. The van der Waals surface area contributed by atoms with E-state index in [4.69, 9.17) is 23.2 Å². The number of imidazole rings is 1. The summed E-state index contributed by atoms with van der Waals surface area (Å²) in [5.74, 6) is 0. The normalized spacial score (nSPS) is 11.2. The van der Waals surface area contributed by atoms with Crippen LogP contribution >= 0.6 is 34.5 Å². The number of thiophene rings is 1. The first-order valence-electron chi connectivity index (χ1n) is 5.04. The van der Waals surface area contributed by atoms with Gasteiger partial charge >= 0.3 is 0 Å². The molecule has 0 unspecified atom stereocenters. The summed E-state index contributed by atoms with van der Waals surface area (Å²) < 4.78 is 1.86. The number of aryl methyl sites for hydroxylation is 1. The molecule has 3 heterocycles. The highest BCUT2D eigenvalue weighted by Crippen LogP contribution is 2.29. The van der Waals surface area contributed by atoms with E-state index in [-0.39, 0.29) is 0 Å². The molecule has 5 heteroatoms. The van der Waals surface area contributed by atoms with Crippen LogP contribution in [0.4, 0.5) is 0 Å². The Bertz CT molecular complexity index is 700. The van der Waals surface area contributed by atoms with Gasteiger partial charge in [0.1, 0.15) is 0 Å². The van der Waals surface area contributed by atoms with Crippen LogP contribution in [0.1, 0.15) is 4.88 Å². The van der Waals surface area contributed by atoms with Crippen LogP contribution in [-0.2, 0) is 0 Å². The summed E-state index contributed by atoms with van der Waals surface area (Å²) in [5, 5.41) is 1.17. The molecular weight excluding hydrogens is 275 g/mol. The maximum absolute atomic E-state index is 6.10. The highest BCUT2D eigenvalue weighted by molar-refractivity contribution is 7.15. The predicted molar refractivity (Wildman–Crippen MR) is 73.3 cm³/mol. The zero-order valence-electron chi connectivity index (χ0n) is 8.95. The molecule has 0 spiro atoms. The molecule has 0 saturated carbocycles. The van der Waals surface area contributed by atoms with Crippen molar-refractivity contribution < 1.29 is 0 Å². The molecule has 3 rings (SSSR count). The highest BCUT2D eigenvalue weighted by Gasteiger charge is 2.09. The van der Waals surface area contributed by atoms with Crippen molar-refractivity contribution in [3.8, 4) is 10.6 Å². The van der Waals surface area contributed by atoms with Gasteiger partial charge in [-0.15, -0.1) is 11.3 Å². The number of halogens is 2. The van der Waals surface area contributed by atoms with Crippen molar-refractivity contribution in [3.63, 3.8) is 0 Å². The van der Waals surface area contributed by atoms with Crippen molar-refractivity contribution in [2.45, 2.75) is 6.92 Å². The number of hydrogen-bond donors (Lipinski definition) is 0. The molecular formula is C12H8Cl2N2S. The van der Waals surface area contributed by atoms with Crippen LogP contribution in [0.2, 0.25) is 10.0 Å². The molecule has 0 radical (unpaired) electrons. The van der Waals surface area contributed by atoms with E-state index in [0.29, 0.717) is 10.0 Å². The van der Waals surface area contributed by atoms with E-state index in [1.165, 1.54) is 4.88 Å². The van der Waals surface area contributed by atoms with Crippen molar-refractivity contribution >= 4 is 40.2 Å². The number of nitrogens with zero attached hydrogens (tertiary/aromatic N) is 2. The standard InChI is InChI=1S/C12H8Cl2N2S/c1-7-2-3-11(17-7)10-6-16-5-8(13)4-9(14)12(16)15-10/h2-6H,1H3. The quantitative estimate of drug-likeness (QED) is 0.634. The first kappa shape index (κ1) is 11.1. The van der Waals surface area contributed by atoms with Crippen molar-refractivity contribution in [1.29, 1.82) is 0 Å². The predicted octanol–water partition coefficient (Wildman–Crippen LogP) is 4.68. The summed E-state index contributed by atoms with van der Waals surface area (Å²) in [4.78, 5) is 6.92. The average Bonchev–Trinajstić information content (AvgIpc) is 2.83. The third-order valence-corrected chi connectivity index (χ3v) is 3.97. The molecule has 0 atom stereocenters. The van der Waals surface area contributed by atoms with Gasteiger partial charge < -0.3 is 4.40 Å². The topological polar surface area (TPSA) is 17.3 Å². The first-order chi connectivity index (χ1) is 8.13. The van der Waals surface area contributed by atoms with Crippen LogP contribution in [0.5, 0.6) is 0 Å². The van der Waals surface area contributed by atoms with E-state index in [1.807, 2.05) is 10.6 Å². The molecule has 86 valence electrons. The molecule has 0 saturated heterocycles. The van der Waals surface area contributed by atoms with Crippen molar-refractivity contribution in [1.82, 2.24) is 9.38 Å². The van der Waals surface area contributed by atoms with Crippen LogP contribution in [0.3, 0.4) is 0 Å². The Morgan fingerprint density at radius 1 is 1.24 bits per heavy atom. The Labute approximate surface area is 112 Å². The van der Waals surface area contributed by atoms with Crippen molar-refractivity contribution in [2.75, 3.05) is 0 Å². The molecule has 0 fully saturated rings. The molecule has 3 aromatic heterocycles. The molecule has 0 amide bonds. The average molecular weight is 283 g/mol. The van der Waals surface area contributed by atoms with Gasteiger partial charge in [-0.25, -0.2) is 4.98 Å². The lowest BCUT2D eigenvalue weighted by molar-refractivity contribution is 1.19. The molecule has 0 aliphatic carbocycles. The fourth-order valence-corrected chi connectivity index (χ4v) is 3.06. The third kappa shape index (κ3) is 1.95. The Hall–Kier alpha value is -1.03. The fourth-order valence-electron chi connectivity index (χ4n) is 1.72. The van der Waals surface area contributed by atoms with E-state index in [9.17, 15) is 0 Å². The first-order valence-corrected chi connectivity index (χ1v) is 6.61. The molecule has 0 aromatic carbocycles. The summed E-state index contributed by atoms with van der Waals surface area (Å²) in [6, 6.07) is 5.85. The summed E-state index contributed by atoms with van der Waals surface area (Å²) in [7, 11) is 0. The van der Waals surface area contributed by atoms with Gasteiger partial charge in [-0.1, -0.05) is 23.2 Å². The number of fused-ring (bicyclic) bond motifs is 1. The van der Waals surface area contributed by atoms with Crippen molar-refractivity contribution in [2.24, 2.45) is 0 Å². The van der Waals surface area contributed by atoms with Crippen molar-refractivity contribution in [3.05, 3.63) is 45.5 Å². The highest BCUT2D eigenvalue weighted by atomic mass is 35.5. The number of pyridine rings is 1. The summed E-state index contributed by atoms with van der Waals surface area (Å²) in [6.07, 6.45) is 3.75. The minimum atomic E-state index is 0.567. The minimum absolute atomic E-state index is 0.567. The van der Waals surface area contributed by atoms with Crippen LogP contribution in [0.15, 0.2) is 30.6 Å². The number of aromatic nitrogens is 2. The third-order valence-electron chi connectivity index (χ3n) is 2.47. The Balaban J connectivity index is 2.23. The number of hydrogen-bond acceptors (Lipinski definition) is 2. The largest absolute Gasteiger partial charge is 0.304 e. The number of rotatable bonds is 1. The zero-order chi connectivity index (χ0) is 12.0. The molecule has 0 N–H and O–H groups in total. The van der Waals surface area contributed by atoms with Crippen LogP contribution in [0, 0.1) is 6.92 Å². The van der Waals surface area contributed by atoms with Gasteiger partial charge in [-0.2, -0.15) is 0 Å². The molecule has 3 aromatic rings. The van der Waals surface area contributed by atoms with Crippen LogP contribution < -0.4 is 0 Å². The van der Waals surface area contributed by atoms with E-state index in [2.05, 4.69) is 24.0 Å². The van der Waals surface area contributed by atoms with Gasteiger partial charge in [0.2, 0.25) is 0 Å². The van der Waals surface area contributed by atoms with Gasteiger partial charge in [0.05, 0.1) is 20.6 Å². The van der Waals surface area contributed by atoms with Crippen LogP contribution in [-0.4, -0.2) is 9.38 Å². The second-order valence-electron chi connectivity index (χ2n) is 3.77. The second-order valence-corrected chi connectivity index (χ2v) is 5.91. The van der Waals surface area contributed by atoms with E-state index in [0.717, 1.165) is 16.2 Å². The lowest BCUT2D eigenvalue weighted by atomic mass is 10.4. The molecule has 0 bridgehead atoms. The monoisotopic (exact) mass is 282 g/mol. The van der Waals surface area contributed by atoms with Gasteiger partial charge in [-0.3, -0.25) is 0 Å². The lowest BCUT2D eigenvalue weighted by Crippen LogP contribution is -1.82. The molecule has 17 heavy (non-hydrogen) atoms. The van der Waals surface area contributed by atoms with E-state index in [1.54, 1.807) is 23.6 Å². The Morgan fingerprint density at radius 3 is 2.76 bits per heavy atom. The minimum Gasteiger partial charge on any atom is -0.304 e. The van der Waals surface area contributed by atoms with E-state index >= 15 is 0 Å². The maximum Gasteiger partial charge on any atom is 0.156 e. The summed E-state index contributed by atoms with van der Waals surface area (Å²) in [5.41, 5.74) is 1.66. The van der Waals surface area contributed by atoms with Gasteiger partial charge in [-0.05, 0) is 25.1 Å². The zero-order valence-corrected chi connectivity index (χ0v) is 11.3. The van der Waals surface area contributed by atoms with Gasteiger partial charge in [0.25, 0.3) is 0 Å². The maximum atomic E-state index is 6.10. The molecule has 0 aliphatic heterocycles. The van der Waals surface area contributed by atoms with E-state index < -0.39 is 0 Å². The summed E-state index contributed by atoms with van der Waals surface area (Å²) >= 11 is 13.8. The second kappa shape index (κ2) is 4.02. The molecule has 2 nitrogen and oxygen atoms in total. The Morgan fingerprint density at radius 2 is 2.06 bits per heavy atom. The van der Waals surface area contributed by atoms with Crippen LogP contribution in [0.25, 0.3) is 16.2 Å². The SMILES string of the molecule is Cc1ccc(-c2cn3cc(Cl)cc(Cl)c3n2)s1. The fraction of sp³-hybridized carbons (Fsp3) is 0.0833. The summed E-state index contributed by atoms with van der Waals surface area (Å²) in [6.45, 7) is 2.08. The Kier molecular flexibility index (Phi) is 2.62. The van der Waals surface area contributed by atoms with Gasteiger partial charge in [0, 0.05) is 17.3 Å². The molecule has 0 aliphatic rings. The van der Waals surface area contributed by atoms with Gasteiger partial charge in [0.15, 0.2) is 5.65 Å². The smallest absolute Gasteiger partial charge is 0.156 e.